The van der Waals surface area contributed by atoms with Crippen LogP contribution in [0.15, 0.2) is 54.6 Å². The highest BCUT2D eigenvalue weighted by molar-refractivity contribution is 6.06. The molecule has 3 aromatic rings. The molecule has 0 fully saturated rings. The first-order valence-corrected chi connectivity index (χ1v) is 7.79. The molecule has 0 saturated heterocycles. The zero-order chi connectivity index (χ0) is 16.4. The zero-order valence-corrected chi connectivity index (χ0v) is 13.6. The molecule has 23 heavy (non-hydrogen) atoms. The van der Waals surface area contributed by atoms with Gasteiger partial charge in [-0.2, -0.15) is 0 Å². The molecule has 116 valence electrons. The van der Waals surface area contributed by atoms with Crippen molar-refractivity contribution in [1.82, 2.24) is 10.3 Å². The van der Waals surface area contributed by atoms with E-state index >= 15 is 0 Å². The van der Waals surface area contributed by atoms with E-state index in [1.165, 1.54) is 0 Å². The van der Waals surface area contributed by atoms with Crippen molar-refractivity contribution in [2.75, 3.05) is 0 Å². The number of nitrogens with zero attached hydrogens (tertiary/aromatic N) is 1. The Morgan fingerprint density at radius 3 is 2.52 bits per heavy atom. The van der Waals surface area contributed by atoms with Crippen molar-refractivity contribution in [3.63, 3.8) is 0 Å². The average molecular weight is 304 g/mol. The van der Waals surface area contributed by atoms with E-state index in [9.17, 15) is 4.79 Å². The maximum Gasteiger partial charge on any atom is 0.252 e. The first kappa shape index (κ1) is 15.2. The van der Waals surface area contributed by atoms with Crippen molar-refractivity contribution >= 4 is 16.8 Å². The Bertz CT molecular complexity index is 856. The van der Waals surface area contributed by atoms with Gasteiger partial charge < -0.3 is 5.32 Å². The van der Waals surface area contributed by atoms with Crippen LogP contribution < -0.4 is 5.32 Å². The second-order valence-corrected chi connectivity index (χ2v) is 5.89. The summed E-state index contributed by atoms with van der Waals surface area (Å²) >= 11 is 0. The third-order valence-corrected chi connectivity index (χ3v) is 4.06. The number of para-hydroxylation sites is 1. The lowest BCUT2D eigenvalue weighted by atomic mass is 10.0. The summed E-state index contributed by atoms with van der Waals surface area (Å²) in [5.41, 5.74) is 4.59. The zero-order valence-electron chi connectivity index (χ0n) is 13.6. The fraction of sp³-hybridized carbons (Fsp3) is 0.200. The van der Waals surface area contributed by atoms with E-state index in [1.54, 1.807) is 0 Å². The summed E-state index contributed by atoms with van der Waals surface area (Å²) in [6.07, 6.45) is 0. The topological polar surface area (TPSA) is 42.0 Å². The Kier molecular flexibility index (Phi) is 4.11. The van der Waals surface area contributed by atoms with E-state index in [-0.39, 0.29) is 11.9 Å². The summed E-state index contributed by atoms with van der Waals surface area (Å²) in [6, 6.07) is 17.7. The number of aryl methyl sites for hydroxylation is 2. The van der Waals surface area contributed by atoms with Crippen LogP contribution >= 0.6 is 0 Å². The maximum absolute atomic E-state index is 12.8. The molecular formula is C20H20N2O. The number of carbonyl (C=O) groups excluding carboxylic acids is 1. The summed E-state index contributed by atoms with van der Waals surface area (Å²) in [5, 5.41) is 3.98. The highest BCUT2D eigenvalue weighted by atomic mass is 16.1. The minimum Gasteiger partial charge on any atom is -0.345 e. The lowest BCUT2D eigenvalue weighted by Gasteiger charge is -2.16. The van der Waals surface area contributed by atoms with Crippen LogP contribution in [-0.2, 0) is 0 Å². The Hall–Kier alpha value is -2.68. The summed E-state index contributed by atoms with van der Waals surface area (Å²) in [6.45, 7) is 5.93. The third-order valence-electron chi connectivity index (χ3n) is 4.06. The van der Waals surface area contributed by atoms with Gasteiger partial charge in [-0.05, 0) is 38.0 Å². The maximum atomic E-state index is 12.8. The van der Waals surface area contributed by atoms with E-state index in [4.69, 9.17) is 0 Å². The second kappa shape index (κ2) is 6.21. The van der Waals surface area contributed by atoms with Gasteiger partial charge in [-0.1, -0.05) is 48.5 Å². The fourth-order valence-corrected chi connectivity index (χ4v) is 2.81. The Labute approximate surface area is 136 Å². The molecule has 2 aromatic carbocycles. The molecule has 3 heteroatoms. The number of carbonyl (C=O) groups is 1. The summed E-state index contributed by atoms with van der Waals surface area (Å²) in [7, 11) is 0. The molecule has 0 aliphatic heterocycles. The molecule has 1 unspecified atom stereocenters. The minimum absolute atomic E-state index is 0.0444. The van der Waals surface area contributed by atoms with Crippen LogP contribution in [0, 0.1) is 13.8 Å². The molecule has 1 aromatic heterocycles. The lowest BCUT2D eigenvalue weighted by molar-refractivity contribution is 0.0941. The molecule has 1 N–H and O–H groups in total. The van der Waals surface area contributed by atoms with Crippen LogP contribution in [0.25, 0.3) is 10.9 Å². The van der Waals surface area contributed by atoms with Crippen LogP contribution in [0.5, 0.6) is 0 Å². The smallest absolute Gasteiger partial charge is 0.252 e. The Morgan fingerprint density at radius 2 is 1.78 bits per heavy atom. The first-order chi connectivity index (χ1) is 11.1. The van der Waals surface area contributed by atoms with E-state index in [1.807, 2.05) is 75.4 Å². The number of nitrogens with one attached hydrogen (secondary N) is 1. The predicted molar refractivity (Wildman–Crippen MR) is 93.5 cm³/mol. The molecule has 1 atom stereocenters. The van der Waals surface area contributed by atoms with Crippen molar-refractivity contribution in [2.45, 2.75) is 26.8 Å². The first-order valence-electron chi connectivity index (χ1n) is 7.79. The van der Waals surface area contributed by atoms with Gasteiger partial charge in [0.25, 0.3) is 5.91 Å². The van der Waals surface area contributed by atoms with Gasteiger partial charge in [-0.3, -0.25) is 9.78 Å². The molecule has 3 rings (SSSR count). The van der Waals surface area contributed by atoms with Crippen LogP contribution in [0.3, 0.4) is 0 Å². The van der Waals surface area contributed by atoms with Gasteiger partial charge in [0.05, 0.1) is 17.1 Å². The molecule has 0 spiro atoms. The number of pyridine rings is 1. The molecule has 0 aliphatic rings. The van der Waals surface area contributed by atoms with Gasteiger partial charge in [0.15, 0.2) is 0 Å². The molecule has 0 aliphatic carbocycles. The third kappa shape index (κ3) is 3.09. The predicted octanol–water partition coefficient (Wildman–Crippen LogP) is 4.34. The average Bonchev–Trinajstić information content (AvgIpc) is 2.56. The van der Waals surface area contributed by atoms with E-state index in [0.29, 0.717) is 5.56 Å². The second-order valence-electron chi connectivity index (χ2n) is 5.89. The van der Waals surface area contributed by atoms with E-state index in [0.717, 1.165) is 27.7 Å². The highest BCUT2D eigenvalue weighted by Crippen LogP contribution is 2.22. The quantitative estimate of drug-likeness (QED) is 0.782. The number of hydrogen-bond donors (Lipinski definition) is 1. The van der Waals surface area contributed by atoms with E-state index < -0.39 is 0 Å². The SMILES string of the molecule is Cc1cc(C(=O)NC(C)c2ccccc2)c2cccc(C)c2n1. The molecule has 0 bridgehead atoms. The molecule has 0 radical (unpaired) electrons. The number of rotatable bonds is 3. The number of fused-ring (bicyclic) bond motifs is 1. The normalized spacial score (nSPS) is 12.1. The van der Waals surface area contributed by atoms with Gasteiger partial charge in [-0.25, -0.2) is 0 Å². The van der Waals surface area contributed by atoms with Crippen LogP contribution in [-0.4, -0.2) is 10.9 Å². The van der Waals surface area contributed by atoms with Gasteiger partial charge in [0, 0.05) is 11.1 Å². The number of aromatic nitrogens is 1. The van der Waals surface area contributed by atoms with Crippen LogP contribution in [0.4, 0.5) is 0 Å². The van der Waals surface area contributed by atoms with Crippen molar-refractivity contribution in [3.8, 4) is 0 Å². The molecule has 1 amide bonds. The number of benzene rings is 2. The monoisotopic (exact) mass is 304 g/mol. The van der Waals surface area contributed by atoms with Crippen LogP contribution in [0.2, 0.25) is 0 Å². The van der Waals surface area contributed by atoms with Gasteiger partial charge in [0.2, 0.25) is 0 Å². The molecular weight excluding hydrogens is 284 g/mol. The molecule has 1 heterocycles. The highest BCUT2D eigenvalue weighted by Gasteiger charge is 2.15. The summed E-state index contributed by atoms with van der Waals surface area (Å²) < 4.78 is 0. The van der Waals surface area contributed by atoms with Gasteiger partial charge in [0.1, 0.15) is 0 Å². The van der Waals surface area contributed by atoms with Crippen molar-refractivity contribution in [3.05, 3.63) is 77.0 Å². The lowest BCUT2D eigenvalue weighted by Crippen LogP contribution is -2.27. The number of amides is 1. The van der Waals surface area contributed by atoms with Gasteiger partial charge in [-0.15, -0.1) is 0 Å². The standard InChI is InChI=1S/C20H20N2O/c1-13-8-7-11-17-18(12-14(2)21-19(13)17)20(23)22-15(3)16-9-5-4-6-10-16/h4-12,15H,1-3H3,(H,22,23). The van der Waals surface area contributed by atoms with Crippen LogP contribution in [0.1, 0.15) is 40.1 Å². The summed E-state index contributed by atoms with van der Waals surface area (Å²) in [4.78, 5) is 17.3. The molecule has 0 saturated carbocycles. The van der Waals surface area contributed by atoms with E-state index in [2.05, 4.69) is 10.3 Å². The van der Waals surface area contributed by atoms with Crippen molar-refractivity contribution in [1.29, 1.82) is 0 Å². The Morgan fingerprint density at radius 1 is 1.04 bits per heavy atom. The van der Waals surface area contributed by atoms with Crippen molar-refractivity contribution < 1.29 is 4.79 Å². The summed E-state index contributed by atoms with van der Waals surface area (Å²) in [5.74, 6) is -0.0672. The Balaban J connectivity index is 1.97. The fourth-order valence-electron chi connectivity index (χ4n) is 2.81. The minimum atomic E-state index is -0.0672. The molecule has 3 nitrogen and oxygen atoms in total. The number of hydrogen-bond acceptors (Lipinski definition) is 2. The largest absolute Gasteiger partial charge is 0.345 e. The van der Waals surface area contributed by atoms with Gasteiger partial charge >= 0.3 is 0 Å². The van der Waals surface area contributed by atoms with Crippen molar-refractivity contribution in [2.24, 2.45) is 0 Å².